The Bertz CT molecular complexity index is 1530. The second kappa shape index (κ2) is 8.71. The first-order chi connectivity index (χ1) is 17.5. The smallest absolute Gasteiger partial charge is 0.326 e. The van der Waals surface area contributed by atoms with E-state index in [-0.39, 0.29) is 17.7 Å². The van der Waals surface area contributed by atoms with Crippen LogP contribution in [0.15, 0.2) is 77.0 Å². The number of urea groups is 1. The fourth-order valence-corrected chi connectivity index (χ4v) is 5.04. The fraction of sp³-hybridized carbons (Fsp3) is 0.179. The van der Waals surface area contributed by atoms with Crippen LogP contribution >= 0.6 is 0 Å². The van der Waals surface area contributed by atoms with Crippen LogP contribution in [0.2, 0.25) is 0 Å². The predicted molar refractivity (Wildman–Crippen MR) is 131 cm³/mol. The number of aromatic nitrogens is 2. The van der Waals surface area contributed by atoms with E-state index in [2.05, 4.69) is 21.5 Å². The molecule has 180 valence electrons. The van der Waals surface area contributed by atoms with E-state index in [4.69, 9.17) is 4.52 Å². The second-order valence-corrected chi connectivity index (χ2v) is 9.01. The Hall–Kier alpha value is -4.33. The number of halogens is 2. The average molecular weight is 485 g/mol. The van der Waals surface area contributed by atoms with Crippen LogP contribution in [-0.4, -0.2) is 16.2 Å². The molecule has 0 spiro atoms. The lowest BCUT2D eigenvalue weighted by molar-refractivity contribution is 0.244. The van der Waals surface area contributed by atoms with Gasteiger partial charge in [-0.05, 0) is 79.3 Å². The molecule has 36 heavy (non-hydrogen) atoms. The molecule has 2 aliphatic rings. The zero-order chi connectivity index (χ0) is 24.8. The quantitative estimate of drug-likeness (QED) is 0.374. The lowest BCUT2D eigenvalue weighted by Crippen LogP contribution is -2.46. The number of hydrogen-bond donors (Lipinski definition) is 1. The lowest BCUT2D eigenvalue weighted by atomic mass is 9.94. The minimum atomic E-state index is -0.723. The lowest BCUT2D eigenvalue weighted by Gasteiger charge is -2.35. The summed E-state index contributed by atoms with van der Waals surface area (Å²) in [5.41, 5.74) is 5.38. The SMILES string of the molecule is CC1=C(c2nc(-c3cccc(F)c3)no2)C(c2cccc(F)c2)NC(=O)N1c1ccc2c(c1)CCC2. The van der Waals surface area contributed by atoms with Crippen molar-refractivity contribution in [2.24, 2.45) is 0 Å². The van der Waals surface area contributed by atoms with Gasteiger partial charge in [-0.15, -0.1) is 0 Å². The zero-order valence-electron chi connectivity index (χ0n) is 19.5. The summed E-state index contributed by atoms with van der Waals surface area (Å²) in [6.45, 7) is 1.81. The van der Waals surface area contributed by atoms with Crippen LogP contribution in [-0.2, 0) is 12.8 Å². The highest BCUT2D eigenvalue weighted by Crippen LogP contribution is 2.40. The molecular weight excluding hydrogens is 462 g/mol. The van der Waals surface area contributed by atoms with Crippen molar-refractivity contribution in [2.45, 2.75) is 32.2 Å². The first kappa shape index (κ1) is 22.2. The van der Waals surface area contributed by atoms with Gasteiger partial charge in [-0.2, -0.15) is 4.98 Å². The molecular formula is C28H22F2N4O2. The summed E-state index contributed by atoms with van der Waals surface area (Å²) >= 11 is 0. The summed E-state index contributed by atoms with van der Waals surface area (Å²) in [5, 5.41) is 7.04. The second-order valence-electron chi connectivity index (χ2n) is 9.01. The number of nitrogens with zero attached hydrogens (tertiary/aromatic N) is 3. The molecule has 3 aromatic carbocycles. The van der Waals surface area contributed by atoms with Crippen molar-refractivity contribution >= 4 is 17.3 Å². The number of aryl methyl sites for hydroxylation is 2. The monoisotopic (exact) mass is 484 g/mol. The third kappa shape index (κ3) is 3.84. The normalized spacial score (nSPS) is 17.4. The molecule has 6 nitrogen and oxygen atoms in total. The van der Waals surface area contributed by atoms with E-state index >= 15 is 0 Å². The molecule has 1 aliphatic heterocycles. The predicted octanol–water partition coefficient (Wildman–Crippen LogP) is 6.21. The van der Waals surface area contributed by atoms with Gasteiger partial charge in [-0.3, -0.25) is 4.90 Å². The highest BCUT2D eigenvalue weighted by Gasteiger charge is 2.37. The van der Waals surface area contributed by atoms with E-state index in [9.17, 15) is 13.6 Å². The van der Waals surface area contributed by atoms with Gasteiger partial charge >= 0.3 is 6.03 Å². The van der Waals surface area contributed by atoms with E-state index in [0.717, 1.165) is 24.9 Å². The standard InChI is InChI=1S/C28H22F2N4O2/c1-16-24(27-32-26(33-36-27)20-8-4-10-22(30)14-20)25(19-7-3-9-21(29)13-19)31-28(35)34(16)23-12-11-17-5-2-6-18(17)15-23/h3-4,7-15,25H,2,5-6H2,1H3,(H,31,35). The molecule has 2 heterocycles. The molecule has 1 unspecified atom stereocenters. The first-order valence-corrected chi connectivity index (χ1v) is 11.8. The number of allylic oxidation sites excluding steroid dienone is 1. The molecule has 2 amide bonds. The van der Waals surface area contributed by atoms with E-state index in [0.29, 0.717) is 22.4 Å². The minimum Gasteiger partial charge on any atom is -0.334 e. The van der Waals surface area contributed by atoms with Crippen LogP contribution < -0.4 is 10.2 Å². The van der Waals surface area contributed by atoms with Gasteiger partial charge in [0.15, 0.2) is 0 Å². The van der Waals surface area contributed by atoms with Gasteiger partial charge in [0.05, 0.1) is 17.3 Å². The van der Waals surface area contributed by atoms with E-state index in [1.54, 1.807) is 36.1 Å². The summed E-state index contributed by atoms with van der Waals surface area (Å²) in [6.07, 6.45) is 3.10. The Morgan fingerprint density at radius 3 is 2.56 bits per heavy atom. The van der Waals surface area contributed by atoms with E-state index in [1.807, 2.05) is 12.1 Å². The van der Waals surface area contributed by atoms with Crippen molar-refractivity contribution in [2.75, 3.05) is 4.90 Å². The number of benzene rings is 3. The van der Waals surface area contributed by atoms with E-state index in [1.165, 1.54) is 35.4 Å². The van der Waals surface area contributed by atoms with Crippen LogP contribution in [0.1, 0.15) is 42.0 Å². The van der Waals surface area contributed by atoms with E-state index < -0.39 is 17.7 Å². The Balaban J connectivity index is 1.49. The summed E-state index contributed by atoms with van der Waals surface area (Å²) in [4.78, 5) is 19.5. The number of nitrogens with one attached hydrogen (secondary N) is 1. The largest absolute Gasteiger partial charge is 0.334 e. The zero-order valence-corrected chi connectivity index (χ0v) is 19.5. The van der Waals surface area contributed by atoms with Crippen LogP contribution in [0, 0.1) is 11.6 Å². The molecule has 0 fully saturated rings. The summed E-state index contributed by atoms with van der Waals surface area (Å²) in [5.74, 6) is -0.471. The Kier molecular flexibility index (Phi) is 5.36. The number of fused-ring (bicyclic) bond motifs is 1. The van der Waals surface area contributed by atoms with Gasteiger partial charge < -0.3 is 9.84 Å². The van der Waals surface area contributed by atoms with Crippen LogP contribution in [0.4, 0.5) is 19.3 Å². The number of carbonyl (C=O) groups is 1. The Labute approximate surface area is 206 Å². The maximum Gasteiger partial charge on any atom is 0.326 e. The third-order valence-corrected chi connectivity index (χ3v) is 6.75. The summed E-state index contributed by atoms with van der Waals surface area (Å²) < 4.78 is 33.6. The van der Waals surface area contributed by atoms with Gasteiger partial charge in [0.2, 0.25) is 5.82 Å². The highest BCUT2D eigenvalue weighted by molar-refractivity contribution is 6.01. The average Bonchev–Trinajstić information content (AvgIpc) is 3.53. The molecule has 0 radical (unpaired) electrons. The molecule has 1 N–H and O–H groups in total. The molecule has 6 rings (SSSR count). The maximum atomic E-state index is 14.2. The molecule has 0 saturated carbocycles. The topological polar surface area (TPSA) is 71.3 Å². The van der Waals surface area contributed by atoms with Crippen LogP contribution in [0.3, 0.4) is 0 Å². The van der Waals surface area contributed by atoms with Crippen molar-refractivity contribution in [3.63, 3.8) is 0 Å². The van der Waals surface area contributed by atoms with Crippen molar-refractivity contribution in [3.05, 3.63) is 107 Å². The van der Waals surface area contributed by atoms with Gasteiger partial charge in [0, 0.05) is 11.3 Å². The summed E-state index contributed by atoms with van der Waals surface area (Å²) in [6, 6.07) is 16.9. The fourth-order valence-electron chi connectivity index (χ4n) is 5.04. The van der Waals surface area contributed by atoms with Crippen molar-refractivity contribution in [1.82, 2.24) is 15.5 Å². The molecule has 4 aromatic rings. The van der Waals surface area contributed by atoms with Crippen molar-refractivity contribution in [1.29, 1.82) is 0 Å². The molecule has 8 heteroatoms. The molecule has 1 atom stereocenters. The van der Waals surface area contributed by atoms with Gasteiger partial charge in [0.1, 0.15) is 11.6 Å². The number of rotatable bonds is 4. The first-order valence-electron chi connectivity index (χ1n) is 11.8. The van der Waals surface area contributed by atoms with Gasteiger partial charge in [-0.25, -0.2) is 13.6 Å². The van der Waals surface area contributed by atoms with Crippen molar-refractivity contribution in [3.8, 4) is 11.4 Å². The molecule has 0 saturated heterocycles. The van der Waals surface area contributed by atoms with Crippen molar-refractivity contribution < 1.29 is 18.1 Å². The molecule has 1 aliphatic carbocycles. The molecule has 0 bridgehead atoms. The van der Waals surface area contributed by atoms with Gasteiger partial charge in [0.25, 0.3) is 5.89 Å². The third-order valence-electron chi connectivity index (χ3n) is 6.75. The Morgan fingerprint density at radius 1 is 0.972 bits per heavy atom. The molecule has 1 aromatic heterocycles. The maximum absolute atomic E-state index is 14.2. The minimum absolute atomic E-state index is 0.159. The number of hydrogen-bond acceptors (Lipinski definition) is 4. The number of anilines is 1. The summed E-state index contributed by atoms with van der Waals surface area (Å²) in [7, 11) is 0. The van der Waals surface area contributed by atoms with Crippen LogP contribution in [0.25, 0.3) is 17.0 Å². The Morgan fingerprint density at radius 2 is 1.75 bits per heavy atom. The number of amides is 2. The van der Waals surface area contributed by atoms with Crippen LogP contribution in [0.5, 0.6) is 0 Å². The highest BCUT2D eigenvalue weighted by atomic mass is 19.1. The number of carbonyl (C=O) groups excluding carboxylic acids is 1. The van der Waals surface area contributed by atoms with Gasteiger partial charge in [-0.1, -0.05) is 35.5 Å².